The van der Waals surface area contributed by atoms with Crippen LogP contribution in [0, 0.1) is 5.92 Å². The van der Waals surface area contributed by atoms with Gasteiger partial charge in [0.05, 0.1) is 0 Å². The Morgan fingerprint density at radius 3 is 2.44 bits per heavy atom. The highest BCUT2D eigenvalue weighted by atomic mass is 32.2. The molecule has 2 rings (SSSR count). The Bertz CT molecular complexity index is 419. The highest BCUT2D eigenvalue weighted by molar-refractivity contribution is 7.84. The average molecular weight is 263 g/mol. The Balaban J connectivity index is 1.90. The molecule has 1 saturated heterocycles. The molecule has 1 aliphatic heterocycles. The molecule has 1 aromatic carbocycles. The summed E-state index contributed by atoms with van der Waals surface area (Å²) in [5, 5.41) is 0. The van der Waals surface area contributed by atoms with Gasteiger partial charge >= 0.3 is 0 Å². The predicted molar refractivity (Wildman–Crippen MR) is 77.0 cm³/mol. The van der Waals surface area contributed by atoms with Crippen LogP contribution in [0.15, 0.2) is 41.8 Å². The van der Waals surface area contributed by atoms with Crippen LogP contribution in [0.4, 0.5) is 0 Å². The number of nitrogens with zero attached hydrogens (tertiary/aromatic N) is 1. The topological polar surface area (TPSA) is 20.3 Å². The van der Waals surface area contributed by atoms with E-state index in [1.165, 1.54) is 18.4 Å². The highest BCUT2D eigenvalue weighted by Crippen LogP contribution is 2.19. The molecule has 98 valence electrons. The van der Waals surface area contributed by atoms with E-state index in [1.807, 2.05) is 12.1 Å². The van der Waals surface area contributed by atoms with Crippen LogP contribution in [-0.4, -0.2) is 28.5 Å². The minimum atomic E-state index is -0.875. The van der Waals surface area contributed by atoms with Crippen LogP contribution < -0.4 is 0 Å². The normalized spacial score (nSPS) is 19.6. The zero-order chi connectivity index (χ0) is 13.0. The molecule has 0 aliphatic carbocycles. The van der Waals surface area contributed by atoms with E-state index in [0.717, 1.165) is 24.5 Å². The van der Waals surface area contributed by atoms with Crippen LogP contribution in [0.3, 0.4) is 0 Å². The Morgan fingerprint density at radius 1 is 1.33 bits per heavy atom. The molecule has 18 heavy (non-hydrogen) atoms. The lowest BCUT2D eigenvalue weighted by Gasteiger charge is -2.30. The van der Waals surface area contributed by atoms with Gasteiger partial charge in [0, 0.05) is 28.5 Å². The van der Waals surface area contributed by atoms with Gasteiger partial charge in [-0.25, -0.2) is 0 Å². The Hall–Kier alpha value is -0.930. The van der Waals surface area contributed by atoms with E-state index in [4.69, 9.17) is 0 Å². The standard InChI is InChI=1S/C15H21NOS/c1-3-13-8-10-16(11-9-13)12-14-4-6-15(7-5-14)18(2)17/h3-7,13H,1,8-12H2,2H3/t18-/m0/s1. The summed E-state index contributed by atoms with van der Waals surface area (Å²) in [5.74, 6) is 0.700. The molecular weight excluding hydrogens is 242 g/mol. The maximum absolute atomic E-state index is 11.3. The van der Waals surface area contributed by atoms with Crippen molar-refractivity contribution in [2.75, 3.05) is 19.3 Å². The van der Waals surface area contributed by atoms with Crippen molar-refractivity contribution in [1.29, 1.82) is 0 Å². The smallest absolute Gasteiger partial charge is 0.0498 e. The first-order chi connectivity index (χ1) is 8.69. The Labute approximate surface area is 112 Å². The third-order valence-corrected chi connectivity index (χ3v) is 4.56. The summed E-state index contributed by atoms with van der Waals surface area (Å²) in [6.45, 7) is 7.17. The molecule has 0 spiro atoms. The van der Waals surface area contributed by atoms with Crippen molar-refractivity contribution >= 4 is 10.8 Å². The quantitative estimate of drug-likeness (QED) is 0.779. The third-order valence-electron chi connectivity index (χ3n) is 3.63. The number of likely N-dealkylation sites (tertiary alicyclic amines) is 1. The number of benzene rings is 1. The number of rotatable bonds is 4. The second-order valence-electron chi connectivity index (χ2n) is 4.95. The molecule has 2 nitrogen and oxygen atoms in total. The maximum Gasteiger partial charge on any atom is 0.0498 e. The monoisotopic (exact) mass is 263 g/mol. The van der Waals surface area contributed by atoms with Gasteiger partial charge < -0.3 is 0 Å². The SMILES string of the molecule is C=CC1CCN(Cc2ccc([S@](C)=O)cc2)CC1. The van der Waals surface area contributed by atoms with Crippen molar-refractivity contribution in [3.8, 4) is 0 Å². The van der Waals surface area contributed by atoms with Crippen LogP contribution in [0.25, 0.3) is 0 Å². The first kappa shape index (κ1) is 13.5. The second-order valence-corrected chi connectivity index (χ2v) is 6.33. The minimum Gasteiger partial charge on any atom is -0.299 e. The van der Waals surface area contributed by atoms with E-state index in [9.17, 15) is 4.21 Å². The van der Waals surface area contributed by atoms with Crippen molar-refractivity contribution < 1.29 is 4.21 Å². The van der Waals surface area contributed by atoms with Crippen LogP contribution >= 0.6 is 0 Å². The van der Waals surface area contributed by atoms with E-state index in [1.54, 1.807) is 6.26 Å². The van der Waals surface area contributed by atoms with E-state index >= 15 is 0 Å². The van der Waals surface area contributed by atoms with Gasteiger partial charge in [-0.3, -0.25) is 9.11 Å². The lowest BCUT2D eigenvalue weighted by atomic mass is 9.97. The fraction of sp³-hybridized carbons (Fsp3) is 0.467. The van der Waals surface area contributed by atoms with E-state index in [-0.39, 0.29) is 0 Å². The third kappa shape index (κ3) is 3.53. The molecule has 0 amide bonds. The van der Waals surface area contributed by atoms with Gasteiger partial charge in [-0.15, -0.1) is 6.58 Å². The number of hydrogen-bond donors (Lipinski definition) is 0. The summed E-state index contributed by atoms with van der Waals surface area (Å²) < 4.78 is 11.3. The van der Waals surface area contributed by atoms with Crippen molar-refractivity contribution in [3.63, 3.8) is 0 Å². The van der Waals surface area contributed by atoms with Gasteiger partial charge in [0.2, 0.25) is 0 Å². The molecule has 1 fully saturated rings. The van der Waals surface area contributed by atoms with Gasteiger partial charge in [-0.2, -0.15) is 0 Å². The van der Waals surface area contributed by atoms with E-state index < -0.39 is 10.8 Å². The van der Waals surface area contributed by atoms with Gasteiger partial charge in [-0.1, -0.05) is 18.2 Å². The maximum atomic E-state index is 11.3. The predicted octanol–water partition coefficient (Wildman–Crippen LogP) is 2.82. The largest absolute Gasteiger partial charge is 0.299 e. The van der Waals surface area contributed by atoms with Crippen molar-refractivity contribution in [2.24, 2.45) is 5.92 Å². The van der Waals surface area contributed by atoms with Gasteiger partial charge in [0.25, 0.3) is 0 Å². The van der Waals surface area contributed by atoms with E-state index in [2.05, 4.69) is 29.7 Å². The van der Waals surface area contributed by atoms with Gasteiger partial charge in [-0.05, 0) is 49.5 Å². The van der Waals surface area contributed by atoms with Gasteiger partial charge in [0.1, 0.15) is 0 Å². The minimum absolute atomic E-state index is 0.700. The molecule has 1 aromatic rings. The number of piperidine rings is 1. The van der Waals surface area contributed by atoms with Crippen molar-refractivity contribution in [2.45, 2.75) is 24.3 Å². The number of hydrogen-bond acceptors (Lipinski definition) is 2. The molecule has 1 heterocycles. The van der Waals surface area contributed by atoms with Crippen LogP contribution in [0.1, 0.15) is 18.4 Å². The fourth-order valence-corrected chi connectivity index (χ4v) is 2.91. The van der Waals surface area contributed by atoms with Crippen molar-refractivity contribution in [1.82, 2.24) is 4.90 Å². The molecule has 0 radical (unpaired) electrons. The Kier molecular flexibility index (Phi) is 4.72. The van der Waals surface area contributed by atoms with Crippen LogP contribution in [0.2, 0.25) is 0 Å². The van der Waals surface area contributed by atoms with Gasteiger partial charge in [0.15, 0.2) is 0 Å². The molecule has 0 unspecified atom stereocenters. The molecule has 3 heteroatoms. The lowest BCUT2D eigenvalue weighted by molar-refractivity contribution is 0.196. The van der Waals surface area contributed by atoms with E-state index in [0.29, 0.717) is 5.92 Å². The lowest BCUT2D eigenvalue weighted by Crippen LogP contribution is -2.32. The average Bonchev–Trinajstić information content (AvgIpc) is 2.40. The summed E-state index contributed by atoms with van der Waals surface area (Å²) >= 11 is 0. The molecule has 0 bridgehead atoms. The first-order valence-corrected chi connectivity index (χ1v) is 8.02. The zero-order valence-corrected chi connectivity index (χ0v) is 11.8. The molecule has 0 N–H and O–H groups in total. The molecule has 0 aromatic heterocycles. The van der Waals surface area contributed by atoms with Crippen LogP contribution in [-0.2, 0) is 17.3 Å². The summed E-state index contributed by atoms with van der Waals surface area (Å²) in [6.07, 6.45) is 6.25. The molecule has 0 saturated carbocycles. The highest BCUT2D eigenvalue weighted by Gasteiger charge is 2.16. The fourth-order valence-electron chi connectivity index (χ4n) is 2.39. The summed E-state index contributed by atoms with van der Waals surface area (Å²) in [4.78, 5) is 3.39. The summed E-state index contributed by atoms with van der Waals surface area (Å²) in [7, 11) is -0.875. The Morgan fingerprint density at radius 2 is 1.94 bits per heavy atom. The molecular formula is C15H21NOS. The van der Waals surface area contributed by atoms with Crippen LogP contribution in [0.5, 0.6) is 0 Å². The van der Waals surface area contributed by atoms with Crippen molar-refractivity contribution in [3.05, 3.63) is 42.5 Å². The zero-order valence-electron chi connectivity index (χ0n) is 11.0. The summed E-state index contributed by atoms with van der Waals surface area (Å²) in [5.41, 5.74) is 1.31. The molecule has 1 atom stereocenters. The summed E-state index contributed by atoms with van der Waals surface area (Å²) in [6, 6.07) is 8.14. The second kappa shape index (κ2) is 6.30. The first-order valence-electron chi connectivity index (χ1n) is 6.46. The molecule has 1 aliphatic rings. The number of allylic oxidation sites excluding steroid dienone is 1.